The fourth-order valence-electron chi connectivity index (χ4n) is 2.11. The summed E-state index contributed by atoms with van der Waals surface area (Å²) >= 11 is 0. The van der Waals surface area contributed by atoms with Crippen molar-refractivity contribution in [1.29, 1.82) is 0 Å². The van der Waals surface area contributed by atoms with Crippen LogP contribution in [0.15, 0.2) is 36.9 Å². The number of nitrogens with zero attached hydrogens (tertiary/aromatic N) is 1. The van der Waals surface area contributed by atoms with Crippen LogP contribution in [0, 0.1) is 0 Å². The fourth-order valence-corrected chi connectivity index (χ4v) is 2.11. The van der Waals surface area contributed by atoms with Crippen LogP contribution in [-0.2, 0) is 4.74 Å². The number of fused-ring (bicyclic) bond motifs is 1. The zero-order valence-electron chi connectivity index (χ0n) is 10.5. The molecule has 0 aliphatic heterocycles. The van der Waals surface area contributed by atoms with Gasteiger partial charge in [-0.2, -0.15) is 0 Å². The first-order valence-electron chi connectivity index (χ1n) is 5.71. The van der Waals surface area contributed by atoms with Gasteiger partial charge in [0.05, 0.1) is 18.3 Å². The van der Waals surface area contributed by atoms with Gasteiger partial charge in [-0.05, 0) is 19.1 Å². The quantitative estimate of drug-likeness (QED) is 0.797. The molecule has 92 valence electrons. The third-order valence-electron chi connectivity index (χ3n) is 2.84. The highest BCUT2D eigenvalue weighted by molar-refractivity contribution is 5.99. The zero-order chi connectivity index (χ0) is 13.1. The van der Waals surface area contributed by atoms with E-state index in [0.29, 0.717) is 0 Å². The lowest BCUT2D eigenvalue weighted by Crippen LogP contribution is -2.12. The molecule has 0 saturated heterocycles. The van der Waals surface area contributed by atoms with Crippen molar-refractivity contribution in [2.45, 2.75) is 6.92 Å². The smallest absolute Gasteiger partial charge is 0.418 e. The Morgan fingerprint density at radius 3 is 2.72 bits per heavy atom. The lowest BCUT2D eigenvalue weighted by Gasteiger charge is -2.05. The maximum Gasteiger partial charge on any atom is 0.418 e. The zero-order valence-corrected chi connectivity index (χ0v) is 10.5. The maximum atomic E-state index is 11.9. The molecule has 1 aromatic carbocycles. The molecule has 0 aliphatic carbocycles. The summed E-state index contributed by atoms with van der Waals surface area (Å²) in [6, 6.07) is 7.70. The fraction of sp³-hybridized carbons (Fsp3) is 0.133. The molecule has 0 atom stereocenters. The van der Waals surface area contributed by atoms with Crippen molar-refractivity contribution in [1.82, 2.24) is 4.57 Å². The van der Waals surface area contributed by atoms with E-state index in [0.717, 1.165) is 22.2 Å². The molecule has 3 heteroatoms. The van der Waals surface area contributed by atoms with Crippen LogP contribution in [0.1, 0.15) is 18.2 Å². The lowest BCUT2D eigenvalue weighted by atomic mass is 10.1. The molecule has 18 heavy (non-hydrogen) atoms. The van der Waals surface area contributed by atoms with Gasteiger partial charge in [-0.25, -0.2) is 9.36 Å². The molecule has 0 unspecified atom stereocenters. The Kier molecular flexibility index (Phi) is 3.33. The number of carbonyl (C=O) groups excluding carboxylic acids is 1. The highest BCUT2D eigenvalue weighted by atomic mass is 16.5. The van der Waals surface area contributed by atoms with Gasteiger partial charge in [0, 0.05) is 10.9 Å². The third-order valence-corrected chi connectivity index (χ3v) is 2.84. The number of allylic oxidation sites excluding steroid dienone is 1. The molecule has 0 radical (unpaired) electrons. The van der Waals surface area contributed by atoms with Gasteiger partial charge in [-0.3, -0.25) is 0 Å². The normalized spacial score (nSPS) is 11.0. The Hall–Kier alpha value is -2.29. The summed E-state index contributed by atoms with van der Waals surface area (Å²) < 4.78 is 6.41. The molecule has 2 aromatic rings. The first-order chi connectivity index (χ1) is 8.74. The minimum Gasteiger partial charge on any atom is -0.452 e. The van der Waals surface area contributed by atoms with Crippen LogP contribution in [0.2, 0.25) is 0 Å². The summed E-state index contributed by atoms with van der Waals surface area (Å²) in [5.41, 5.74) is 2.56. The van der Waals surface area contributed by atoms with Crippen molar-refractivity contribution in [3.05, 3.63) is 48.2 Å². The standard InChI is InChI=1S/C15H15NO2/c1-4-8-13-11(5-2)12-9-6-7-10-14(12)16(13)15(17)18-3/h4-10H,2H2,1,3H3/b8-4+. The van der Waals surface area contributed by atoms with E-state index in [9.17, 15) is 4.79 Å². The SMILES string of the molecule is C=Cc1c(/C=C/C)n(C(=O)OC)c2ccccc12. The first-order valence-corrected chi connectivity index (χ1v) is 5.71. The molecule has 0 saturated carbocycles. The van der Waals surface area contributed by atoms with Gasteiger partial charge in [-0.15, -0.1) is 0 Å². The number of hydrogen-bond acceptors (Lipinski definition) is 2. The highest BCUT2D eigenvalue weighted by Crippen LogP contribution is 2.28. The van der Waals surface area contributed by atoms with Gasteiger partial charge < -0.3 is 4.74 Å². The summed E-state index contributed by atoms with van der Waals surface area (Å²) in [6.45, 7) is 5.73. The number of carbonyl (C=O) groups is 1. The first kappa shape index (κ1) is 12.2. The van der Waals surface area contributed by atoms with Gasteiger partial charge in [0.25, 0.3) is 0 Å². The van der Waals surface area contributed by atoms with E-state index in [2.05, 4.69) is 6.58 Å². The van der Waals surface area contributed by atoms with E-state index in [1.807, 2.05) is 43.3 Å². The maximum absolute atomic E-state index is 11.9. The van der Waals surface area contributed by atoms with Crippen molar-refractivity contribution in [2.75, 3.05) is 7.11 Å². The van der Waals surface area contributed by atoms with Crippen molar-refractivity contribution in [3.8, 4) is 0 Å². The minimum atomic E-state index is -0.396. The van der Waals surface area contributed by atoms with Crippen molar-refractivity contribution in [3.63, 3.8) is 0 Å². The van der Waals surface area contributed by atoms with Crippen LogP contribution >= 0.6 is 0 Å². The molecule has 0 spiro atoms. The second kappa shape index (κ2) is 4.92. The second-order valence-corrected chi connectivity index (χ2v) is 3.83. The summed E-state index contributed by atoms with van der Waals surface area (Å²) in [5.74, 6) is 0. The number of ether oxygens (including phenoxy) is 1. The Morgan fingerprint density at radius 1 is 1.39 bits per heavy atom. The van der Waals surface area contributed by atoms with E-state index in [1.165, 1.54) is 7.11 Å². The number of para-hydroxylation sites is 1. The van der Waals surface area contributed by atoms with E-state index < -0.39 is 6.09 Å². The van der Waals surface area contributed by atoms with Gasteiger partial charge in [-0.1, -0.05) is 36.9 Å². The number of rotatable bonds is 2. The molecule has 0 N–H and O–H groups in total. The highest BCUT2D eigenvalue weighted by Gasteiger charge is 2.17. The Labute approximate surface area is 106 Å². The van der Waals surface area contributed by atoms with Gasteiger partial charge >= 0.3 is 6.09 Å². The number of benzene rings is 1. The van der Waals surface area contributed by atoms with E-state index in [-0.39, 0.29) is 0 Å². The minimum absolute atomic E-state index is 0.396. The molecular formula is C15H15NO2. The van der Waals surface area contributed by atoms with Crippen LogP contribution in [0.3, 0.4) is 0 Å². The van der Waals surface area contributed by atoms with Crippen LogP contribution in [0.25, 0.3) is 23.1 Å². The molecular weight excluding hydrogens is 226 g/mol. The monoisotopic (exact) mass is 241 g/mol. The molecule has 0 fully saturated rings. The van der Waals surface area contributed by atoms with Crippen molar-refractivity contribution in [2.24, 2.45) is 0 Å². The topological polar surface area (TPSA) is 31.2 Å². The van der Waals surface area contributed by atoms with E-state index in [4.69, 9.17) is 4.74 Å². The lowest BCUT2D eigenvalue weighted by molar-refractivity contribution is 0.174. The molecule has 2 rings (SSSR count). The van der Waals surface area contributed by atoms with Gasteiger partial charge in [0.2, 0.25) is 0 Å². The third kappa shape index (κ3) is 1.74. The molecule has 3 nitrogen and oxygen atoms in total. The number of aromatic nitrogens is 1. The van der Waals surface area contributed by atoms with Crippen LogP contribution < -0.4 is 0 Å². The van der Waals surface area contributed by atoms with E-state index in [1.54, 1.807) is 10.6 Å². The number of methoxy groups -OCH3 is 1. The van der Waals surface area contributed by atoms with Crippen LogP contribution in [0.5, 0.6) is 0 Å². The van der Waals surface area contributed by atoms with Gasteiger partial charge in [0.15, 0.2) is 0 Å². The molecule has 0 bridgehead atoms. The predicted octanol–water partition coefficient (Wildman–Crippen LogP) is 3.93. The summed E-state index contributed by atoms with van der Waals surface area (Å²) in [7, 11) is 1.38. The summed E-state index contributed by atoms with van der Waals surface area (Å²) in [6.07, 6.45) is 5.14. The second-order valence-electron chi connectivity index (χ2n) is 3.83. The number of hydrogen-bond donors (Lipinski definition) is 0. The van der Waals surface area contributed by atoms with Crippen LogP contribution in [-0.4, -0.2) is 17.8 Å². The Morgan fingerprint density at radius 2 is 2.11 bits per heavy atom. The Balaban J connectivity index is 2.91. The predicted molar refractivity (Wildman–Crippen MR) is 74.5 cm³/mol. The van der Waals surface area contributed by atoms with E-state index >= 15 is 0 Å². The van der Waals surface area contributed by atoms with Crippen molar-refractivity contribution < 1.29 is 9.53 Å². The Bertz CT molecular complexity index is 635. The summed E-state index contributed by atoms with van der Waals surface area (Å²) in [4.78, 5) is 11.9. The van der Waals surface area contributed by atoms with Crippen molar-refractivity contribution >= 4 is 29.1 Å². The molecule has 0 aliphatic rings. The molecule has 1 heterocycles. The molecule has 1 aromatic heterocycles. The molecule has 0 amide bonds. The van der Waals surface area contributed by atoms with Crippen LogP contribution in [0.4, 0.5) is 4.79 Å². The van der Waals surface area contributed by atoms with Gasteiger partial charge in [0.1, 0.15) is 0 Å². The summed E-state index contributed by atoms with van der Waals surface area (Å²) in [5, 5.41) is 0.992. The average Bonchev–Trinajstić information content (AvgIpc) is 2.71. The average molecular weight is 241 g/mol. The largest absolute Gasteiger partial charge is 0.452 e.